The lowest BCUT2D eigenvalue weighted by Crippen LogP contribution is -2.11. The van der Waals surface area contributed by atoms with Crippen LogP contribution >= 0.6 is 23.1 Å². The van der Waals surface area contributed by atoms with Crippen molar-refractivity contribution in [1.82, 2.24) is 9.97 Å². The van der Waals surface area contributed by atoms with E-state index in [9.17, 15) is 0 Å². The maximum Gasteiger partial charge on any atom is 0.195 e. The van der Waals surface area contributed by atoms with E-state index in [2.05, 4.69) is 36.0 Å². The minimum atomic E-state index is 0.771. The summed E-state index contributed by atoms with van der Waals surface area (Å²) in [6, 6.07) is 4.32. The summed E-state index contributed by atoms with van der Waals surface area (Å²) < 4.78 is 6.27. The molecule has 0 aliphatic heterocycles. The standard InChI is InChI=1S/C24H28N2OS2/c1-3-17-11-16-10-15(4-6-18(17)12-16)5-7-22-26-21-14-19(28-2)13-20(23(21)27-22)24-25-8-9-29-24/h3,8-9,13-18H,1,4-7,10-12H2,2H3. The van der Waals surface area contributed by atoms with Gasteiger partial charge in [0.2, 0.25) is 0 Å². The zero-order valence-corrected chi connectivity index (χ0v) is 18.6. The van der Waals surface area contributed by atoms with E-state index in [1.165, 1.54) is 43.4 Å². The van der Waals surface area contributed by atoms with Crippen LogP contribution in [0.15, 0.2) is 45.7 Å². The third-order valence-corrected chi connectivity index (χ3v) is 8.45. The van der Waals surface area contributed by atoms with Crippen molar-refractivity contribution in [2.75, 3.05) is 6.26 Å². The first-order chi connectivity index (χ1) is 14.2. The van der Waals surface area contributed by atoms with Crippen molar-refractivity contribution < 1.29 is 4.42 Å². The maximum atomic E-state index is 6.27. The van der Waals surface area contributed by atoms with Gasteiger partial charge in [0.15, 0.2) is 11.5 Å². The predicted molar refractivity (Wildman–Crippen MR) is 122 cm³/mol. The molecule has 2 aliphatic carbocycles. The number of oxazole rings is 1. The molecule has 2 aliphatic rings. The summed E-state index contributed by atoms with van der Waals surface area (Å²) in [5.41, 5.74) is 2.93. The van der Waals surface area contributed by atoms with Crippen LogP contribution in [0.2, 0.25) is 0 Å². The molecule has 5 heteroatoms. The van der Waals surface area contributed by atoms with Crippen LogP contribution in [0.4, 0.5) is 0 Å². The zero-order chi connectivity index (χ0) is 19.8. The van der Waals surface area contributed by atoms with Crippen molar-refractivity contribution in [2.24, 2.45) is 23.7 Å². The van der Waals surface area contributed by atoms with Gasteiger partial charge in [-0.1, -0.05) is 12.5 Å². The fourth-order valence-corrected chi connectivity index (χ4v) is 6.63. The molecular formula is C24H28N2OS2. The average molecular weight is 425 g/mol. The number of thioether (sulfide) groups is 1. The molecule has 4 unspecified atom stereocenters. The topological polar surface area (TPSA) is 38.9 Å². The van der Waals surface area contributed by atoms with Crippen molar-refractivity contribution in [3.8, 4) is 10.6 Å². The Kier molecular flexibility index (Phi) is 5.53. The number of fused-ring (bicyclic) bond motifs is 3. The molecule has 5 rings (SSSR count). The van der Waals surface area contributed by atoms with E-state index in [0.29, 0.717) is 0 Å². The second-order valence-electron chi connectivity index (χ2n) is 8.68. The van der Waals surface area contributed by atoms with Crippen molar-refractivity contribution in [3.05, 3.63) is 42.3 Å². The minimum Gasteiger partial charge on any atom is -0.440 e. The highest BCUT2D eigenvalue weighted by Crippen LogP contribution is 2.47. The number of hydrogen-bond donors (Lipinski definition) is 0. The number of aromatic nitrogens is 2. The van der Waals surface area contributed by atoms with Gasteiger partial charge in [0.1, 0.15) is 10.5 Å². The van der Waals surface area contributed by atoms with Crippen LogP contribution in [0, 0.1) is 23.7 Å². The van der Waals surface area contributed by atoms with E-state index in [1.54, 1.807) is 23.1 Å². The van der Waals surface area contributed by atoms with Gasteiger partial charge >= 0.3 is 0 Å². The van der Waals surface area contributed by atoms with E-state index in [-0.39, 0.29) is 0 Å². The van der Waals surface area contributed by atoms with Gasteiger partial charge in [0.25, 0.3) is 0 Å². The Hall–Kier alpha value is -1.59. The monoisotopic (exact) mass is 424 g/mol. The smallest absolute Gasteiger partial charge is 0.195 e. The van der Waals surface area contributed by atoms with Gasteiger partial charge in [-0.25, -0.2) is 9.97 Å². The van der Waals surface area contributed by atoms with Gasteiger partial charge in [-0.2, -0.15) is 0 Å². The number of aryl methyl sites for hydroxylation is 1. The van der Waals surface area contributed by atoms with E-state index < -0.39 is 0 Å². The largest absolute Gasteiger partial charge is 0.440 e. The van der Waals surface area contributed by atoms with Crippen LogP contribution in [0.1, 0.15) is 44.4 Å². The van der Waals surface area contributed by atoms with Gasteiger partial charge in [0.05, 0.1) is 5.56 Å². The fourth-order valence-electron chi connectivity index (χ4n) is 5.51. The molecule has 29 heavy (non-hydrogen) atoms. The summed E-state index contributed by atoms with van der Waals surface area (Å²) in [4.78, 5) is 10.6. The van der Waals surface area contributed by atoms with Crippen molar-refractivity contribution in [2.45, 2.75) is 49.8 Å². The second-order valence-corrected chi connectivity index (χ2v) is 10.5. The van der Waals surface area contributed by atoms with Crippen molar-refractivity contribution in [1.29, 1.82) is 0 Å². The van der Waals surface area contributed by atoms with Crippen LogP contribution < -0.4 is 0 Å². The van der Waals surface area contributed by atoms with Crippen LogP contribution in [0.3, 0.4) is 0 Å². The first-order valence-corrected chi connectivity index (χ1v) is 12.8. The van der Waals surface area contributed by atoms with Gasteiger partial charge in [-0.15, -0.1) is 29.7 Å². The lowest BCUT2D eigenvalue weighted by molar-refractivity contribution is 0.314. The molecule has 0 amide bonds. The first kappa shape index (κ1) is 19.4. The fraction of sp³-hybridized carbons (Fsp3) is 0.500. The number of rotatable bonds is 6. The Morgan fingerprint density at radius 2 is 2.21 bits per heavy atom. The average Bonchev–Trinajstić information content (AvgIpc) is 3.44. The lowest BCUT2D eigenvalue weighted by atomic mass is 9.84. The Labute approximate surface area is 181 Å². The third-order valence-electron chi connectivity index (χ3n) is 6.93. The Morgan fingerprint density at radius 1 is 1.28 bits per heavy atom. The summed E-state index contributed by atoms with van der Waals surface area (Å²) in [6.45, 7) is 4.06. The van der Waals surface area contributed by atoms with Crippen LogP contribution in [-0.2, 0) is 6.42 Å². The van der Waals surface area contributed by atoms with Crippen molar-refractivity contribution in [3.63, 3.8) is 0 Å². The summed E-state index contributed by atoms with van der Waals surface area (Å²) >= 11 is 3.39. The molecule has 0 spiro atoms. The zero-order valence-electron chi connectivity index (χ0n) is 17.0. The molecule has 2 bridgehead atoms. The van der Waals surface area contributed by atoms with Crippen LogP contribution in [0.25, 0.3) is 21.7 Å². The Morgan fingerprint density at radius 3 is 3.00 bits per heavy atom. The number of nitrogens with zero attached hydrogens (tertiary/aromatic N) is 2. The maximum absolute atomic E-state index is 6.27. The van der Waals surface area contributed by atoms with Crippen molar-refractivity contribution >= 4 is 34.2 Å². The first-order valence-electron chi connectivity index (χ1n) is 10.7. The molecule has 2 heterocycles. The molecule has 2 saturated carbocycles. The Balaban J connectivity index is 1.33. The number of allylic oxidation sites excluding steroid dienone is 1. The molecule has 152 valence electrons. The molecule has 3 nitrogen and oxygen atoms in total. The summed E-state index contributed by atoms with van der Waals surface area (Å²) in [5.74, 6) is 4.26. The van der Waals surface area contributed by atoms with Gasteiger partial charge in [0, 0.05) is 22.9 Å². The Bertz CT molecular complexity index is 994. The molecule has 1 aromatic carbocycles. The third kappa shape index (κ3) is 3.91. The molecule has 0 saturated heterocycles. The number of hydrogen-bond acceptors (Lipinski definition) is 5. The molecule has 0 N–H and O–H groups in total. The normalized spacial score (nSPS) is 26.7. The highest BCUT2D eigenvalue weighted by atomic mass is 32.2. The SMILES string of the molecule is C=CC1CC2CC(CCc3nc4cc(SC)cc(-c5nccs5)c4o3)CCC1C2. The number of thiazole rings is 1. The molecular weight excluding hydrogens is 396 g/mol. The highest BCUT2D eigenvalue weighted by molar-refractivity contribution is 7.98. The lowest BCUT2D eigenvalue weighted by Gasteiger charge is -2.22. The van der Waals surface area contributed by atoms with Crippen LogP contribution in [0.5, 0.6) is 0 Å². The molecule has 3 aromatic rings. The highest BCUT2D eigenvalue weighted by Gasteiger charge is 2.36. The van der Waals surface area contributed by atoms with E-state index in [0.717, 1.165) is 57.7 Å². The number of benzene rings is 1. The van der Waals surface area contributed by atoms with E-state index >= 15 is 0 Å². The summed E-state index contributed by atoms with van der Waals surface area (Å²) in [7, 11) is 0. The predicted octanol–water partition coefficient (Wildman–Crippen LogP) is 7.23. The molecule has 2 fully saturated rings. The minimum absolute atomic E-state index is 0.771. The molecule has 0 radical (unpaired) electrons. The van der Waals surface area contributed by atoms with Gasteiger partial charge in [-0.3, -0.25) is 0 Å². The summed E-state index contributed by atoms with van der Waals surface area (Å²) in [6.07, 6.45) is 15.2. The van der Waals surface area contributed by atoms with E-state index in [1.807, 2.05) is 11.6 Å². The van der Waals surface area contributed by atoms with Gasteiger partial charge < -0.3 is 4.42 Å². The summed E-state index contributed by atoms with van der Waals surface area (Å²) in [5, 5.41) is 3.02. The van der Waals surface area contributed by atoms with Gasteiger partial charge in [-0.05, 0) is 74.2 Å². The molecule has 4 atom stereocenters. The molecule has 2 aromatic heterocycles. The quantitative estimate of drug-likeness (QED) is 0.309. The second kappa shape index (κ2) is 8.27. The van der Waals surface area contributed by atoms with Crippen LogP contribution in [-0.4, -0.2) is 16.2 Å². The van der Waals surface area contributed by atoms with E-state index in [4.69, 9.17) is 9.40 Å².